The number of carbonyl (C=O) groups is 2. The Hall–Kier alpha value is -1.42. The van der Waals surface area contributed by atoms with Crippen molar-refractivity contribution in [3.05, 3.63) is 28.0 Å². The minimum Gasteiger partial charge on any atom is -0.386 e. The number of fused-ring (bicyclic) bond motifs is 1. The smallest absolute Gasteiger partial charge is 0.350 e. The van der Waals surface area contributed by atoms with Crippen LogP contribution in [-0.4, -0.2) is 16.9 Å². The first-order valence-electron chi connectivity index (χ1n) is 4.64. The maximum absolute atomic E-state index is 11.3. The summed E-state index contributed by atoms with van der Waals surface area (Å²) in [5, 5.41) is 0.0743. The number of cyclic esters (lactones) is 2. The largest absolute Gasteiger partial charge is 0.386 e. The summed E-state index contributed by atoms with van der Waals surface area (Å²) < 4.78 is 4.47. The van der Waals surface area contributed by atoms with Crippen LogP contribution in [0.1, 0.15) is 45.2 Å². The van der Waals surface area contributed by atoms with Crippen molar-refractivity contribution in [3.8, 4) is 0 Å². The van der Waals surface area contributed by atoms with Gasteiger partial charge in [0, 0.05) is 11.6 Å². The van der Waals surface area contributed by atoms with Crippen LogP contribution in [0.25, 0.3) is 0 Å². The van der Waals surface area contributed by atoms with Gasteiger partial charge in [0.2, 0.25) is 0 Å². The van der Waals surface area contributed by atoms with E-state index in [1.54, 1.807) is 6.07 Å². The van der Waals surface area contributed by atoms with Crippen molar-refractivity contribution in [2.75, 3.05) is 0 Å². The maximum Gasteiger partial charge on any atom is 0.350 e. The van der Waals surface area contributed by atoms with Gasteiger partial charge in [0.15, 0.2) is 0 Å². The molecule has 1 aliphatic carbocycles. The van der Waals surface area contributed by atoms with Gasteiger partial charge < -0.3 is 4.74 Å². The zero-order valence-corrected chi connectivity index (χ0v) is 8.37. The standard InChI is InChI=1S/C10H6ClNO3/c11-8-7-5(9(13)15-10(7)14)3-6(12-8)4-1-2-4/h3-4H,1-2H2. The molecule has 0 radical (unpaired) electrons. The van der Waals surface area contributed by atoms with Gasteiger partial charge in [0.1, 0.15) is 10.7 Å². The summed E-state index contributed by atoms with van der Waals surface area (Å²) >= 11 is 5.84. The van der Waals surface area contributed by atoms with Crippen molar-refractivity contribution in [3.63, 3.8) is 0 Å². The predicted octanol–water partition coefficient (Wildman–Crippen LogP) is 1.92. The summed E-state index contributed by atoms with van der Waals surface area (Å²) in [5.74, 6) is -0.938. The van der Waals surface area contributed by atoms with Crippen LogP contribution in [-0.2, 0) is 4.74 Å². The molecule has 2 heterocycles. The van der Waals surface area contributed by atoms with Crippen molar-refractivity contribution in [1.29, 1.82) is 0 Å². The second-order valence-electron chi connectivity index (χ2n) is 3.71. The van der Waals surface area contributed by atoms with E-state index in [4.69, 9.17) is 11.6 Å². The summed E-state index contributed by atoms with van der Waals surface area (Å²) in [4.78, 5) is 26.6. The molecule has 0 aromatic carbocycles. The Morgan fingerprint density at radius 2 is 2.07 bits per heavy atom. The molecule has 76 valence electrons. The topological polar surface area (TPSA) is 56.3 Å². The van der Waals surface area contributed by atoms with Gasteiger partial charge >= 0.3 is 11.9 Å². The summed E-state index contributed by atoms with van der Waals surface area (Å²) in [7, 11) is 0. The van der Waals surface area contributed by atoms with Crippen molar-refractivity contribution >= 4 is 23.5 Å². The van der Waals surface area contributed by atoms with Gasteiger partial charge in [-0.2, -0.15) is 0 Å². The average molecular weight is 224 g/mol. The molecule has 0 saturated heterocycles. The van der Waals surface area contributed by atoms with Gasteiger partial charge in [0.25, 0.3) is 0 Å². The van der Waals surface area contributed by atoms with Crippen LogP contribution >= 0.6 is 11.6 Å². The third-order valence-electron chi connectivity index (χ3n) is 2.60. The van der Waals surface area contributed by atoms with E-state index in [9.17, 15) is 9.59 Å². The molecule has 1 saturated carbocycles. The zero-order valence-electron chi connectivity index (χ0n) is 7.62. The number of rotatable bonds is 1. The number of pyridine rings is 1. The molecule has 0 bridgehead atoms. The quantitative estimate of drug-likeness (QED) is 0.415. The molecular formula is C10H6ClNO3. The molecule has 0 N–H and O–H groups in total. The van der Waals surface area contributed by atoms with Crippen LogP contribution < -0.4 is 0 Å². The van der Waals surface area contributed by atoms with Gasteiger partial charge in [-0.3, -0.25) is 0 Å². The van der Waals surface area contributed by atoms with E-state index in [0.29, 0.717) is 5.92 Å². The van der Waals surface area contributed by atoms with E-state index in [0.717, 1.165) is 18.5 Å². The van der Waals surface area contributed by atoms with E-state index in [1.165, 1.54) is 0 Å². The summed E-state index contributed by atoms with van der Waals surface area (Å²) in [6.45, 7) is 0. The number of halogens is 1. The van der Waals surface area contributed by atoms with Crippen LogP contribution in [0.15, 0.2) is 6.07 Å². The van der Waals surface area contributed by atoms with E-state index < -0.39 is 11.9 Å². The Labute approximate surface area is 90.2 Å². The summed E-state index contributed by atoms with van der Waals surface area (Å²) in [6, 6.07) is 1.62. The van der Waals surface area contributed by atoms with Crippen LogP contribution in [0, 0.1) is 0 Å². The number of aromatic nitrogens is 1. The van der Waals surface area contributed by atoms with Crippen molar-refractivity contribution < 1.29 is 14.3 Å². The predicted molar refractivity (Wildman–Crippen MR) is 51.0 cm³/mol. The lowest BCUT2D eigenvalue weighted by atomic mass is 10.1. The van der Waals surface area contributed by atoms with Crippen molar-refractivity contribution in [2.45, 2.75) is 18.8 Å². The fraction of sp³-hybridized carbons (Fsp3) is 0.300. The highest BCUT2D eigenvalue weighted by molar-refractivity contribution is 6.34. The lowest BCUT2D eigenvalue weighted by molar-refractivity contribution is 0.0444. The Bertz CT molecular complexity index is 494. The molecule has 1 fully saturated rings. The molecule has 4 nitrogen and oxygen atoms in total. The molecular weight excluding hydrogens is 218 g/mol. The van der Waals surface area contributed by atoms with Crippen LogP contribution in [0.5, 0.6) is 0 Å². The molecule has 1 aromatic rings. The average Bonchev–Trinajstić information content (AvgIpc) is 2.95. The Morgan fingerprint density at radius 3 is 2.73 bits per heavy atom. The van der Waals surface area contributed by atoms with E-state index in [2.05, 4.69) is 9.72 Å². The fourth-order valence-corrected chi connectivity index (χ4v) is 1.94. The van der Waals surface area contributed by atoms with Crippen LogP contribution in [0.3, 0.4) is 0 Å². The molecule has 0 amide bonds. The Morgan fingerprint density at radius 1 is 1.33 bits per heavy atom. The minimum absolute atomic E-state index is 0.0743. The molecule has 2 aliphatic rings. The number of esters is 2. The Kier molecular flexibility index (Phi) is 1.65. The minimum atomic E-state index is -0.699. The number of hydrogen-bond acceptors (Lipinski definition) is 4. The second-order valence-corrected chi connectivity index (χ2v) is 4.07. The molecule has 0 unspecified atom stereocenters. The molecule has 15 heavy (non-hydrogen) atoms. The zero-order chi connectivity index (χ0) is 10.6. The van der Waals surface area contributed by atoms with Gasteiger partial charge in [-0.05, 0) is 18.9 Å². The first kappa shape index (κ1) is 8.85. The molecule has 0 spiro atoms. The Balaban J connectivity index is 2.21. The number of ether oxygens (including phenoxy) is 1. The highest BCUT2D eigenvalue weighted by Crippen LogP contribution is 2.41. The van der Waals surface area contributed by atoms with E-state index in [1.807, 2.05) is 0 Å². The molecule has 5 heteroatoms. The molecule has 1 aromatic heterocycles. The second kappa shape index (κ2) is 2.79. The highest BCUT2D eigenvalue weighted by atomic mass is 35.5. The van der Waals surface area contributed by atoms with Crippen LogP contribution in [0.2, 0.25) is 5.15 Å². The monoisotopic (exact) mass is 223 g/mol. The van der Waals surface area contributed by atoms with E-state index >= 15 is 0 Å². The number of carbonyl (C=O) groups excluding carboxylic acids is 2. The third kappa shape index (κ3) is 1.25. The normalized spacial score (nSPS) is 19.0. The summed E-state index contributed by atoms with van der Waals surface area (Å²) in [6.07, 6.45) is 2.12. The lowest BCUT2D eigenvalue weighted by Gasteiger charge is -2.00. The van der Waals surface area contributed by atoms with Gasteiger partial charge in [-0.15, -0.1) is 0 Å². The third-order valence-corrected chi connectivity index (χ3v) is 2.87. The number of nitrogens with zero attached hydrogens (tertiary/aromatic N) is 1. The fourth-order valence-electron chi connectivity index (χ4n) is 1.67. The first-order chi connectivity index (χ1) is 7.16. The van der Waals surface area contributed by atoms with Gasteiger partial charge in [-0.25, -0.2) is 14.6 Å². The van der Waals surface area contributed by atoms with Crippen molar-refractivity contribution in [2.24, 2.45) is 0 Å². The SMILES string of the molecule is O=C1OC(=O)c2c1cc(C1CC1)nc2Cl. The molecule has 3 rings (SSSR count). The number of hydrogen-bond donors (Lipinski definition) is 0. The first-order valence-corrected chi connectivity index (χ1v) is 5.01. The van der Waals surface area contributed by atoms with Crippen molar-refractivity contribution in [1.82, 2.24) is 4.98 Å². The van der Waals surface area contributed by atoms with Gasteiger partial charge in [-0.1, -0.05) is 11.6 Å². The molecule has 1 aliphatic heterocycles. The maximum atomic E-state index is 11.3. The van der Waals surface area contributed by atoms with Gasteiger partial charge in [0.05, 0.1) is 5.56 Å². The highest BCUT2D eigenvalue weighted by Gasteiger charge is 2.36. The summed E-state index contributed by atoms with van der Waals surface area (Å²) in [5.41, 5.74) is 1.14. The van der Waals surface area contributed by atoms with E-state index in [-0.39, 0.29) is 16.3 Å². The molecule has 0 atom stereocenters. The lowest BCUT2D eigenvalue weighted by Crippen LogP contribution is -1.98. The van der Waals surface area contributed by atoms with Crippen LogP contribution in [0.4, 0.5) is 0 Å².